The van der Waals surface area contributed by atoms with Gasteiger partial charge in [0.15, 0.2) is 0 Å². The number of aryl methyl sites for hydroxylation is 1. The Bertz CT molecular complexity index is 299. The molecule has 0 unspecified atom stereocenters. The molecule has 1 heterocycles. The van der Waals surface area contributed by atoms with Crippen molar-refractivity contribution in [1.29, 1.82) is 0 Å². The molecule has 0 fully saturated rings. The Kier molecular flexibility index (Phi) is 3.40. The molecule has 0 radical (unpaired) electrons. The van der Waals surface area contributed by atoms with Gasteiger partial charge in [-0.05, 0) is 18.6 Å². The Morgan fingerprint density at radius 1 is 1.69 bits per heavy atom. The fourth-order valence-corrected chi connectivity index (χ4v) is 0.939. The van der Waals surface area contributed by atoms with Gasteiger partial charge >= 0.3 is 0 Å². The fourth-order valence-electron chi connectivity index (χ4n) is 0.939. The van der Waals surface area contributed by atoms with Crippen molar-refractivity contribution in [2.24, 2.45) is 5.73 Å². The Hall–Kier alpha value is -1.42. The fraction of sp³-hybridized carbons (Fsp3) is 0.333. The van der Waals surface area contributed by atoms with Crippen molar-refractivity contribution in [3.63, 3.8) is 0 Å². The van der Waals surface area contributed by atoms with E-state index in [1.807, 2.05) is 13.0 Å². The second-order valence-corrected chi connectivity index (χ2v) is 2.78. The van der Waals surface area contributed by atoms with E-state index in [4.69, 9.17) is 5.73 Å². The molecular formula is C9H13N3O. The van der Waals surface area contributed by atoms with E-state index in [1.165, 1.54) is 0 Å². The molecule has 0 atom stereocenters. The number of hydrogen-bond donors (Lipinski definition) is 2. The molecule has 0 aliphatic heterocycles. The largest absolute Gasteiger partial charge is 0.330 e. The lowest BCUT2D eigenvalue weighted by atomic mass is 10.2. The van der Waals surface area contributed by atoms with Crippen LogP contribution in [0.4, 0.5) is 5.69 Å². The first-order chi connectivity index (χ1) is 6.24. The minimum Gasteiger partial charge on any atom is -0.330 e. The lowest BCUT2D eigenvalue weighted by Crippen LogP contribution is -2.16. The third kappa shape index (κ3) is 2.83. The molecule has 0 aromatic carbocycles. The molecule has 1 amide bonds. The second-order valence-electron chi connectivity index (χ2n) is 2.78. The predicted molar refractivity (Wildman–Crippen MR) is 51.3 cm³/mol. The summed E-state index contributed by atoms with van der Waals surface area (Å²) < 4.78 is 0. The van der Waals surface area contributed by atoms with Gasteiger partial charge in [-0.25, -0.2) is 0 Å². The molecule has 0 bridgehead atoms. The highest BCUT2D eigenvalue weighted by Gasteiger charge is 2.02. The van der Waals surface area contributed by atoms with Gasteiger partial charge in [-0.15, -0.1) is 0 Å². The van der Waals surface area contributed by atoms with E-state index in [0.29, 0.717) is 13.0 Å². The molecule has 0 aliphatic rings. The number of carbonyl (C=O) groups is 1. The van der Waals surface area contributed by atoms with Crippen LogP contribution >= 0.6 is 0 Å². The summed E-state index contributed by atoms with van der Waals surface area (Å²) in [5.41, 5.74) is 7.00. The van der Waals surface area contributed by atoms with E-state index in [9.17, 15) is 4.79 Å². The molecule has 1 rings (SSSR count). The van der Waals surface area contributed by atoms with Crippen molar-refractivity contribution in [3.05, 3.63) is 24.0 Å². The summed E-state index contributed by atoms with van der Waals surface area (Å²) in [5, 5.41) is 2.73. The molecule has 4 nitrogen and oxygen atoms in total. The van der Waals surface area contributed by atoms with Crippen LogP contribution in [-0.2, 0) is 4.79 Å². The van der Waals surface area contributed by atoms with Crippen molar-refractivity contribution in [2.75, 3.05) is 11.9 Å². The van der Waals surface area contributed by atoms with Gasteiger partial charge in [0, 0.05) is 19.2 Å². The van der Waals surface area contributed by atoms with Gasteiger partial charge in [-0.3, -0.25) is 9.78 Å². The third-order valence-electron chi connectivity index (χ3n) is 1.68. The number of pyridine rings is 1. The Morgan fingerprint density at radius 2 is 2.46 bits per heavy atom. The highest BCUT2D eigenvalue weighted by Crippen LogP contribution is 2.10. The molecule has 1 aromatic heterocycles. The minimum absolute atomic E-state index is 0.0707. The Labute approximate surface area is 77.2 Å². The van der Waals surface area contributed by atoms with Gasteiger partial charge < -0.3 is 11.1 Å². The average molecular weight is 179 g/mol. The summed E-state index contributed by atoms with van der Waals surface area (Å²) >= 11 is 0. The highest BCUT2D eigenvalue weighted by molar-refractivity contribution is 5.91. The van der Waals surface area contributed by atoms with Crippen LogP contribution in [0.1, 0.15) is 12.0 Å². The standard InChI is InChI=1S/C9H13N3O/c1-7-3-5-11-6-8(7)12-9(13)2-4-10/h3,5-6H,2,4,10H2,1H3,(H,12,13). The van der Waals surface area contributed by atoms with E-state index in [0.717, 1.165) is 11.3 Å². The number of anilines is 1. The van der Waals surface area contributed by atoms with E-state index in [2.05, 4.69) is 10.3 Å². The Morgan fingerprint density at radius 3 is 3.08 bits per heavy atom. The summed E-state index contributed by atoms with van der Waals surface area (Å²) in [6, 6.07) is 1.85. The number of amides is 1. The van der Waals surface area contributed by atoms with Gasteiger partial charge in [0.2, 0.25) is 5.91 Å². The minimum atomic E-state index is -0.0707. The number of hydrogen-bond acceptors (Lipinski definition) is 3. The topological polar surface area (TPSA) is 68.0 Å². The third-order valence-corrected chi connectivity index (χ3v) is 1.68. The monoisotopic (exact) mass is 179 g/mol. The molecule has 0 spiro atoms. The van der Waals surface area contributed by atoms with E-state index in [-0.39, 0.29) is 5.91 Å². The number of rotatable bonds is 3. The van der Waals surface area contributed by atoms with Crippen molar-refractivity contribution >= 4 is 11.6 Å². The summed E-state index contributed by atoms with van der Waals surface area (Å²) in [6.07, 6.45) is 3.66. The second kappa shape index (κ2) is 4.57. The first-order valence-electron chi connectivity index (χ1n) is 4.14. The van der Waals surface area contributed by atoms with Crippen molar-refractivity contribution in [1.82, 2.24) is 4.98 Å². The van der Waals surface area contributed by atoms with Crippen LogP contribution in [0, 0.1) is 6.92 Å². The molecular weight excluding hydrogens is 166 g/mol. The van der Waals surface area contributed by atoms with Crippen LogP contribution in [0.2, 0.25) is 0 Å². The summed E-state index contributed by atoms with van der Waals surface area (Å²) in [4.78, 5) is 15.1. The summed E-state index contributed by atoms with van der Waals surface area (Å²) in [5.74, 6) is -0.0707. The van der Waals surface area contributed by atoms with Gasteiger partial charge in [0.25, 0.3) is 0 Å². The zero-order valence-corrected chi connectivity index (χ0v) is 7.58. The van der Waals surface area contributed by atoms with Crippen LogP contribution in [0.3, 0.4) is 0 Å². The molecule has 0 saturated heterocycles. The first kappa shape index (κ1) is 9.67. The molecule has 0 aliphatic carbocycles. The van der Waals surface area contributed by atoms with Crippen LogP contribution in [0.25, 0.3) is 0 Å². The molecule has 3 N–H and O–H groups in total. The maximum Gasteiger partial charge on any atom is 0.225 e. The summed E-state index contributed by atoms with van der Waals surface area (Å²) in [7, 11) is 0. The van der Waals surface area contributed by atoms with Gasteiger partial charge in [-0.2, -0.15) is 0 Å². The van der Waals surface area contributed by atoms with E-state index in [1.54, 1.807) is 12.4 Å². The molecule has 70 valence electrons. The van der Waals surface area contributed by atoms with Crippen LogP contribution in [0.5, 0.6) is 0 Å². The first-order valence-corrected chi connectivity index (χ1v) is 4.14. The average Bonchev–Trinajstić information content (AvgIpc) is 2.09. The number of carbonyl (C=O) groups excluding carboxylic acids is 1. The van der Waals surface area contributed by atoms with Gasteiger partial charge in [-0.1, -0.05) is 0 Å². The zero-order chi connectivity index (χ0) is 9.68. The number of nitrogens with zero attached hydrogens (tertiary/aromatic N) is 1. The Balaban J connectivity index is 2.63. The number of nitrogens with two attached hydrogens (primary N) is 1. The van der Waals surface area contributed by atoms with Crippen LogP contribution < -0.4 is 11.1 Å². The maximum atomic E-state index is 11.1. The van der Waals surface area contributed by atoms with Gasteiger partial charge in [0.05, 0.1) is 11.9 Å². The smallest absolute Gasteiger partial charge is 0.225 e. The summed E-state index contributed by atoms with van der Waals surface area (Å²) in [6.45, 7) is 2.28. The number of nitrogens with one attached hydrogen (secondary N) is 1. The molecule has 0 saturated carbocycles. The normalized spacial score (nSPS) is 9.69. The van der Waals surface area contributed by atoms with Crippen molar-refractivity contribution in [2.45, 2.75) is 13.3 Å². The quantitative estimate of drug-likeness (QED) is 0.716. The SMILES string of the molecule is Cc1ccncc1NC(=O)CCN. The van der Waals surface area contributed by atoms with Crippen LogP contribution in [-0.4, -0.2) is 17.4 Å². The highest BCUT2D eigenvalue weighted by atomic mass is 16.1. The zero-order valence-electron chi connectivity index (χ0n) is 7.58. The lowest BCUT2D eigenvalue weighted by Gasteiger charge is -2.05. The van der Waals surface area contributed by atoms with E-state index >= 15 is 0 Å². The van der Waals surface area contributed by atoms with Crippen LogP contribution in [0.15, 0.2) is 18.5 Å². The van der Waals surface area contributed by atoms with Gasteiger partial charge in [0.1, 0.15) is 0 Å². The number of aromatic nitrogens is 1. The lowest BCUT2D eigenvalue weighted by molar-refractivity contribution is -0.116. The van der Waals surface area contributed by atoms with E-state index < -0.39 is 0 Å². The maximum absolute atomic E-state index is 11.1. The molecule has 13 heavy (non-hydrogen) atoms. The van der Waals surface area contributed by atoms with Crippen molar-refractivity contribution in [3.8, 4) is 0 Å². The van der Waals surface area contributed by atoms with Crippen molar-refractivity contribution < 1.29 is 4.79 Å². The molecule has 4 heteroatoms. The predicted octanol–water partition coefficient (Wildman–Crippen LogP) is 0.677. The molecule has 1 aromatic rings.